The van der Waals surface area contributed by atoms with Crippen LogP contribution >= 0.6 is 0 Å². The number of morpholine rings is 2. The summed E-state index contributed by atoms with van der Waals surface area (Å²) in [6, 6.07) is 10.3. The minimum absolute atomic E-state index is 0.0135. The smallest absolute Gasteiger partial charge is 0.259 e. The lowest BCUT2D eigenvalue weighted by molar-refractivity contribution is -0.150. The number of halogens is 1. The van der Waals surface area contributed by atoms with E-state index in [2.05, 4.69) is 5.32 Å². The predicted molar refractivity (Wildman–Crippen MR) is 124 cm³/mol. The van der Waals surface area contributed by atoms with Gasteiger partial charge in [-0.1, -0.05) is 6.07 Å². The van der Waals surface area contributed by atoms with Gasteiger partial charge in [-0.05, 0) is 36.4 Å². The van der Waals surface area contributed by atoms with Crippen LogP contribution < -0.4 is 20.9 Å². The number of aliphatic hydroxyl groups is 1. The largest absolute Gasteiger partial charge is 0.384 e. The molecule has 2 fully saturated rings. The van der Waals surface area contributed by atoms with Crippen molar-refractivity contribution in [3.63, 3.8) is 0 Å². The number of rotatable bonds is 6. The fraction of sp³-hybridized carbons (Fsp3) is 0.304. The van der Waals surface area contributed by atoms with E-state index >= 15 is 0 Å². The molecule has 4 rings (SSSR count). The molecular weight excluding hydrogens is 461 g/mol. The number of nitrogens with two attached hydrogens (primary N) is 1. The number of aliphatic hydroxyl groups excluding tert-OH is 1. The first-order valence-corrected chi connectivity index (χ1v) is 10.8. The summed E-state index contributed by atoms with van der Waals surface area (Å²) >= 11 is 0. The van der Waals surface area contributed by atoms with Crippen LogP contribution in [0.2, 0.25) is 0 Å². The highest BCUT2D eigenvalue weighted by Gasteiger charge is 2.39. The molecule has 2 aromatic rings. The van der Waals surface area contributed by atoms with E-state index in [0.29, 0.717) is 24.5 Å². The maximum atomic E-state index is 14.0. The van der Waals surface area contributed by atoms with Crippen LogP contribution in [0.15, 0.2) is 42.5 Å². The van der Waals surface area contributed by atoms with Crippen molar-refractivity contribution in [2.24, 2.45) is 5.73 Å². The SMILES string of the molecule is N=C(N)c1ccc(NC(=O)[C@H](O)[C@H]2OCCN(c3cccc(N4CCOCC4=O)c3)C2=O)cc1F. The maximum absolute atomic E-state index is 14.0. The third kappa shape index (κ3) is 5.14. The first-order chi connectivity index (χ1) is 16.8. The van der Waals surface area contributed by atoms with Crippen molar-refractivity contribution in [2.75, 3.05) is 48.0 Å². The topological polar surface area (TPSA) is 158 Å². The monoisotopic (exact) mass is 485 g/mol. The van der Waals surface area contributed by atoms with E-state index in [4.69, 9.17) is 20.6 Å². The van der Waals surface area contributed by atoms with E-state index < -0.39 is 35.7 Å². The van der Waals surface area contributed by atoms with Crippen LogP contribution in [0.3, 0.4) is 0 Å². The minimum atomic E-state index is -1.87. The van der Waals surface area contributed by atoms with E-state index in [-0.39, 0.29) is 36.9 Å². The van der Waals surface area contributed by atoms with Gasteiger partial charge in [0.2, 0.25) is 0 Å². The molecule has 2 heterocycles. The van der Waals surface area contributed by atoms with Gasteiger partial charge in [-0.3, -0.25) is 19.8 Å². The molecule has 2 aromatic carbocycles. The summed E-state index contributed by atoms with van der Waals surface area (Å²) in [6.07, 6.45) is -3.36. The Balaban J connectivity index is 1.47. The maximum Gasteiger partial charge on any atom is 0.259 e. The van der Waals surface area contributed by atoms with E-state index in [1.807, 2.05) is 0 Å². The van der Waals surface area contributed by atoms with Crippen LogP contribution in [0.4, 0.5) is 21.5 Å². The van der Waals surface area contributed by atoms with Crippen molar-refractivity contribution in [2.45, 2.75) is 12.2 Å². The normalized spacial score (nSPS) is 19.4. The van der Waals surface area contributed by atoms with Gasteiger partial charge in [0.25, 0.3) is 17.7 Å². The molecule has 0 radical (unpaired) electrons. The third-order valence-corrected chi connectivity index (χ3v) is 5.64. The number of carbonyl (C=O) groups is 3. The Bertz CT molecular complexity index is 1170. The standard InChI is InChI=1S/C23H24FN5O6/c24-17-10-13(4-5-16(17)21(25)26)27-22(32)19(31)20-23(33)29(7-9-35-20)15-3-1-2-14(11-15)28-6-8-34-12-18(28)30/h1-5,10-11,19-20,31H,6-9,12H2,(H3,25,26)(H,27,32)/t19-,20-/m1/s1. The van der Waals surface area contributed by atoms with Gasteiger partial charge >= 0.3 is 0 Å². The zero-order chi connectivity index (χ0) is 25.1. The number of benzene rings is 2. The lowest BCUT2D eigenvalue weighted by atomic mass is 10.1. The number of nitrogen functional groups attached to an aromatic ring is 1. The molecule has 2 atom stereocenters. The van der Waals surface area contributed by atoms with Gasteiger partial charge in [0.1, 0.15) is 18.3 Å². The number of ether oxygens (including phenoxy) is 2. The summed E-state index contributed by atoms with van der Waals surface area (Å²) in [5, 5.41) is 20.2. The highest BCUT2D eigenvalue weighted by Crippen LogP contribution is 2.26. The van der Waals surface area contributed by atoms with Crippen LogP contribution in [-0.2, 0) is 23.9 Å². The number of anilines is 3. The molecule has 0 spiro atoms. The summed E-state index contributed by atoms with van der Waals surface area (Å²) in [6.45, 7) is 1.00. The molecule has 0 aromatic heterocycles. The molecule has 5 N–H and O–H groups in total. The van der Waals surface area contributed by atoms with Gasteiger partial charge < -0.3 is 35.4 Å². The average molecular weight is 485 g/mol. The van der Waals surface area contributed by atoms with Gasteiger partial charge in [0, 0.05) is 30.2 Å². The van der Waals surface area contributed by atoms with E-state index in [1.54, 1.807) is 29.2 Å². The number of carbonyl (C=O) groups excluding carboxylic acids is 3. The van der Waals surface area contributed by atoms with Crippen LogP contribution in [0, 0.1) is 11.2 Å². The van der Waals surface area contributed by atoms with E-state index in [9.17, 15) is 23.9 Å². The van der Waals surface area contributed by atoms with E-state index in [0.717, 1.165) is 6.07 Å². The Morgan fingerprint density at radius 2 is 1.86 bits per heavy atom. The molecule has 0 bridgehead atoms. The summed E-state index contributed by atoms with van der Waals surface area (Å²) < 4.78 is 24.6. The summed E-state index contributed by atoms with van der Waals surface area (Å²) in [5.74, 6) is -3.09. The van der Waals surface area contributed by atoms with Crippen molar-refractivity contribution >= 4 is 40.6 Å². The average Bonchev–Trinajstić information content (AvgIpc) is 2.84. The molecule has 2 saturated heterocycles. The highest BCUT2D eigenvalue weighted by molar-refractivity contribution is 6.04. The zero-order valence-corrected chi connectivity index (χ0v) is 18.6. The molecule has 11 nitrogen and oxygen atoms in total. The molecule has 0 unspecified atom stereocenters. The van der Waals surface area contributed by atoms with Crippen LogP contribution in [0.5, 0.6) is 0 Å². The second kappa shape index (κ2) is 10.2. The van der Waals surface area contributed by atoms with Crippen molar-refractivity contribution in [1.29, 1.82) is 5.41 Å². The quantitative estimate of drug-likeness (QED) is 0.336. The lowest BCUT2D eigenvalue weighted by Crippen LogP contribution is -2.55. The molecule has 3 amide bonds. The van der Waals surface area contributed by atoms with Gasteiger partial charge in [-0.2, -0.15) is 0 Å². The number of nitrogens with one attached hydrogen (secondary N) is 2. The predicted octanol–water partition coefficient (Wildman–Crippen LogP) is 0.204. The first-order valence-electron chi connectivity index (χ1n) is 10.8. The van der Waals surface area contributed by atoms with Gasteiger partial charge in [0.05, 0.1) is 18.8 Å². The van der Waals surface area contributed by atoms with Crippen molar-refractivity contribution in [3.05, 3.63) is 53.8 Å². The van der Waals surface area contributed by atoms with Crippen LogP contribution in [0.1, 0.15) is 5.56 Å². The number of hydrogen-bond acceptors (Lipinski definition) is 7. The lowest BCUT2D eigenvalue weighted by Gasteiger charge is -2.35. The Labute approximate surface area is 199 Å². The summed E-state index contributed by atoms with van der Waals surface area (Å²) in [7, 11) is 0. The molecule has 35 heavy (non-hydrogen) atoms. The Morgan fingerprint density at radius 1 is 1.14 bits per heavy atom. The number of amides is 3. The summed E-state index contributed by atoms with van der Waals surface area (Å²) in [4.78, 5) is 40.8. The molecule has 0 saturated carbocycles. The second-order valence-electron chi connectivity index (χ2n) is 7.94. The van der Waals surface area contributed by atoms with Gasteiger partial charge in [-0.15, -0.1) is 0 Å². The molecule has 2 aliphatic rings. The van der Waals surface area contributed by atoms with Crippen LogP contribution in [0.25, 0.3) is 0 Å². The summed E-state index contributed by atoms with van der Waals surface area (Å²) in [5.41, 5.74) is 6.24. The molecular formula is C23H24FN5O6. The fourth-order valence-corrected chi connectivity index (χ4v) is 3.87. The number of amidine groups is 1. The fourth-order valence-electron chi connectivity index (χ4n) is 3.87. The van der Waals surface area contributed by atoms with Gasteiger partial charge in [0.15, 0.2) is 12.2 Å². The zero-order valence-electron chi connectivity index (χ0n) is 18.6. The molecule has 184 valence electrons. The van der Waals surface area contributed by atoms with Crippen molar-refractivity contribution in [1.82, 2.24) is 0 Å². The Morgan fingerprint density at radius 3 is 2.54 bits per heavy atom. The first kappa shape index (κ1) is 24.3. The number of hydrogen-bond donors (Lipinski definition) is 4. The van der Waals surface area contributed by atoms with Crippen molar-refractivity contribution < 1.29 is 33.4 Å². The van der Waals surface area contributed by atoms with Gasteiger partial charge in [-0.25, -0.2) is 4.39 Å². The molecule has 12 heteroatoms. The number of nitrogens with zero attached hydrogens (tertiary/aromatic N) is 2. The molecule has 2 aliphatic heterocycles. The Kier molecular flexibility index (Phi) is 7.05. The Hall–Kier alpha value is -3.87. The minimum Gasteiger partial charge on any atom is -0.384 e. The van der Waals surface area contributed by atoms with Crippen LogP contribution in [-0.4, -0.2) is 73.8 Å². The highest BCUT2D eigenvalue weighted by atomic mass is 19.1. The van der Waals surface area contributed by atoms with E-state index in [1.165, 1.54) is 17.0 Å². The second-order valence-corrected chi connectivity index (χ2v) is 7.94. The third-order valence-electron chi connectivity index (χ3n) is 5.64. The molecule has 0 aliphatic carbocycles. The van der Waals surface area contributed by atoms with Crippen molar-refractivity contribution in [3.8, 4) is 0 Å².